The summed E-state index contributed by atoms with van der Waals surface area (Å²) < 4.78 is 9.82. The number of fused-ring (bicyclic) bond motifs is 1. The highest BCUT2D eigenvalue weighted by atomic mass is 16.5. The van der Waals surface area contributed by atoms with Gasteiger partial charge in [-0.05, 0) is 18.2 Å². The van der Waals surface area contributed by atoms with Gasteiger partial charge in [0.1, 0.15) is 5.75 Å². The Labute approximate surface area is 132 Å². The van der Waals surface area contributed by atoms with Crippen molar-refractivity contribution in [2.24, 2.45) is 0 Å². The Morgan fingerprint density at radius 2 is 1.78 bits per heavy atom. The van der Waals surface area contributed by atoms with Crippen molar-refractivity contribution < 1.29 is 19.1 Å². The minimum Gasteiger partial charge on any atom is -0.497 e. The molecule has 0 saturated heterocycles. The van der Waals surface area contributed by atoms with Gasteiger partial charge < -0.3 is 14.5 Å². The summed E-state index contributed by atoms with van der Waals surface area (Å²) in [6.45, 7) is 0. The number of ether oxygens (including phenoxy) is 2. The van der Waals surface area contributed by atoms with Gasteiger partial charge in [-0.15, -0.1) is 0 Å². The molecule has 0 radical (unpaired) electrons. The average molecular weight is 309 g/mol. The molecule has 0 aliphatic carbocycles. The van der Waals surface area contributed by atoms with Gasteiger partial charge in [0, 0.05) is 16.5 Å². The number of nitrogens with one attached hydrogen (secondary N) is 1. The number of benzene rings is 2. The molecule has 0 saturated carbocycles. The number of methoxy groups -OCH3 is 2. The number of rotatable bonds is 4. The maximum atomic E-state index is 12.5. The van der Waals surface area contributed by atoms with Gasteiger partial charge in [0.15, 0.2) is 0 Å². The fourth-order valence-electron chi connectivity index (χ4n) is 2.57. The maximum Gasteiger partial charge on any atom is 0.379 e. The van der Waals surface area contributed by atoms with Crippen LogP contribution in [-0.2, 0) is 9.53 Å². The van der Waals surface area contributed by atoms with Crippen LogP contribution in [0.5, 0.6) is 5.75 Å². The quantitative estimate of drug-likeness (QED) is 0.456. The van der Waals surface area contributed by atoms with E-state index in [0.29, 0.717) is 22.4 Å². The van der Waals surface area contributed by atoms with Crippen LogP contribution in [0.15, 0.2) is 48.5 Å². The lowest BCUT2D eigenvalue weighted by Gasteiger charge is -2.05. The first kappa shape index (κ1) is 14.8. The molecule has 0 fully saturated rings. The van der Waals surface area contributed by atoms with Crippen molar-refractivity contribution in [2.75, 3.05) is 14.2 Å². The number of H-pyrrole nitrogens is 1. The molecule has 1 heterocycles. The second-order valence-electron chi connectivity index (χ2n) is 4.97. The molecule has 0 aliphatic rings. The first-order valence-corrected chi connectivity index (χ1v) is 7.03. The van der Waals surface area contributed by atoms with Gasteiger partial charge in [-0.1, -0.05) is 30.3 Å². The predicted molar refractivity (Wildman–Crippen MR) is 86.6 cm³/mol. The van der Waals surface area contributed by atoms with E-state index in [9.17, 15) is 9.59 Å². The molecule has 0 unspecified atom stereocenters. The van der Waals surface area contributed by atoms with E-state index in [4.69, 9.17) is 4.74 Å². The minimum atomic E-state index is -0.890. The van der Waals surface area contributed by atoms with Crippen LogP contribution >= 0.6 is 0 Å². The highest BCUT2D eigenvalue weighted by Gasteiger charge is 2.25. The molecular formula is C18H15NO4. The van der Waals surface area contributed by atoms with Crippen LogP contribution in [-0.4, -0.2) is 31.0 Å². The molecule has 0 spiro atoms. The van der Waals surface area contributed by atoms with E-state index >= 15 is 0 Å². The maximum absolute atomic E-state index is 12.5. The van der Waals surface area contributed by atoms with Crippen LogP contribution in [0.1, 0.15) is 10.4 Å². The number of carbonyl (C=O) groups excluding carboxylic acids is 2. The number of para-hydroxylation sites is 1. The summed E-state index contributed by atoms with van der Waals surface area (Å²) >= 11 is 0. The molecule has 2 aromatic carbocycles. The molecule has 0 bridgehead atoms. The molecule has 3 aromatic rings. The molecule has 1 N–H and O–H groups in total. The van der Waals surface area contributed by atoms with E-state index in [0.717, 1.165) is 11.1 Å². The van der Waals surface area contributed by atoms with E-state index in [1.807, 2.05) is 36.4 Å². The van der Waals surface area contributed by atoms with E-state index in [2.05, 4.69) is 9.72 Å². The van der Waals surface area contributed by atoms with Crippen LogP contribution in [0, 0.1) is 0 Å². The molecule has 1 aromatic heterocycles. The minimum absolute atomic E-state index is 0.306. The normalized spacial score (nSPS) is 10.5. The summed E-state index contributed by atoms with van der Waals surface area (Å²) in [6.07, 6.45) is 0. The number of ketones is 1. The molecule has 23 heavy (non-hydrogen) atoms. The summed E-state index contributed by atoms with van der Waals surface area (Å²) in [5.74, 6) is -0.903. The average Bonchev–Trinajstić information content (AvgIpc) is 2.99. The molecule has 3 rings (SSSR count). The summed E-state index contributed by atoms with van der Waals surface area (Å²) in [7, 11) is 2.77. The summed E-state index contributed by atoms with van der Waals surface area (Å²) in [5.41, 5.74) is 2.41. The van der Waals surface area contributed by atoms with Crippen LogP contribution in [0.3, 0.4) is 0 Å². The summed E-state index contributed by atoms with van der Waals surface area (Å²) in [6, 6.07) is 14.6. The zero-order valence-electron chi connectivity index (χ0n) is 12.8. The number of esters is 1. The lowest BCUT2D eigenvalue weighted by Crippen LogP contribution is -2.16. The number of carbonyl (C=O) groups is 2. The molecule has 0 aliphatic heterocycles. The molecule has 0 atom stereocenters. The van der Waals surface area contributed by atoms with Crippen molar-refractivity contribution in [3.63, 3.8) is 0 Å². The van der Waals surface area contributed by atoms with Gasteiger partial charge in [0.2, 0.25) is 0 Å². The predicted octanol–water partition coefficient (Wildman–Crippen LogP) is 3.20. The van der Waals surface area contributed by atoms with Crippen molar-refractivity contribution in [1.82, 2.24) is 4.98 Å². The molecular weight excluding hydrogens is 294 g/mol. The molecule has 5 heteroatoms. The lowest BCUT2D eigenvalue weighted by atomic mass is 10.0. The first-order chi connectivity index (χ1) is 11.2. The zero-order chi connectivity index (χ0) is 16.4. The standard InChI is InChI=1S/C18H15NO4/c1-22-12-7-5-6-11(10-12)16-15(17(20)18(21)23-2)13-8-3-4-9-14(13)19-16/h3-10,19H,1-2H3. The third kappa shape index (κ3) is 2.57. The number of hydrogen-bond donors (Lipinski definition) is 1. The van der Waals surface area contributed by atoms with Crippen molar-refractivity contribution in [2.45, 2.75) is 0 Å². The monoisotopic (exact) mass is 309 g/mol. The second kappa shape index (κ2) is 5.96. The summed E-state index contributed by atoms with van der Waals surface area (Å²) in [5, 5.41) is 0.681. The van der Waals surface area contributed by atoms with E-state index < -0.39 is 11.8 Å². The smallest absolute Gasteiger partial charge is 0.379 e. The molecule has 116 valence electrons. The lowest BCUT2D eigenvalue weighted by molar-refractivity contribution is -0.135. The van der Waals surface area contributed by atoms with Gasteiger partial charge in [0.25, 0.3) is 5.78 Å². The molecule has 5 nitrogen and oxygen atoms in total. The highest BCUT2D eigenvalue weighted by Crippen LogP contribution is 2.32. The Hall–Kier alpha value is -3.08. The largest absolute Gasteiger partial charge is 0.497 e. The number of aromatic nitrogens is 1. The zero-order valence-corrected chi connectivity index (χ0v) is 12.8. The number of Topliss-reactive ketones (excluding diaryl/α,β-unsaturated/α-hetero) is 1. The number of aromatic amines is 1. The van der Waals surface area contributed by atoms with Crippen molar-refractivity contribution in [3.8, 4) is 17.0 Å². The highest BCUT2D eigenvalue weighted by molar-refractivity contribution is 6.44. The van der Waals surface area contributed by atoms with Crippen LogP contribution in [0.25, 0.3) is 22.2 Å². The fourth-order valence-corrected chi connectivity index (χ4v) is 2.57. The third-order valence-electron chi connectivity index (χ3n) is 3.66. The Bertz CT molecular complexity index is 895. The van der Waals surface area contributed by atoms with Gasteiger partial charge in [0.05, 0.1) is 25.5 Å². The van der Waals surface area contributed by atoms with Crippen LogP contribution in [0.2, 0.25) is 0 Å². The Morgan fingerprint density at radius 1 is 1.00 bits per heavy atom. The number of hydrogen-bond acceptors (Lipinski definition) is 4. The fraction of sp³-hybridized carbons (Fsp3) is 0.111. The summed E-state index contributed by atoms with van der Waals surface area (Å²) in [4.78, 5) is 27.4. The SMILES string of the molecule is COC(=O)C(=O)c1c(-c2cccc(OC)c2)[nH]c2ccccc12. The second-order valence-corrected chi connectivity index (χ2v) is 4.97. The topological polar surface area (TPSA) is 68.4 Å². The van der Waals surface area contributed by atoms with Crippen molar-refractivity contribution >= 4 is 22.7 Å². The molecule has 0 amide bonds. The van der Waals surface area contributed by atoms with Gasteiger partial charge in [-0.3, -0.25) is 4.79 Å². The van der Waals surface area contributed by atoms with E-state index in [-0.39, 0.29) is 0 Å². The van der Waals surface area contributed by atoms with E-state index in [1.165, 1.54) is 7.11 Å². The van der Waals surface area contributed by atoms with E-state index in [1.54, 1.807) is 19.2 Å². The Balaban J connectivity index is 2.27. The Kier molecular flexibility index (Phi) is 3.85. The van der Waals surface area contributed by atoms with Crippen molar-refractivity contribution in [1.29, 1.82) is 0 Å². The Morgan fingerprint density at radius 3 is 2.52 bits per heavy atom. The van der Waals surface area contributed by atoms with Gasteiger partial charge in [-0.25, -0.2) is 4.79 Å². The van der Waals surface area contributed by atoms with Crippen molar-refractivity contribution in [3.05, 3.63) is 54.1 Å². The van der Waals surface area contributed by atoms with Gasteiger partial charge >= 0.3 is 5.97 Å². The van der Waals surface area contributed by atoms with Gasteiger partial charge in [-0.2, -0.15) is 0 Å². The third-order valence-corrected chi connectivity index (χ3v) is 3.66. The van der Waals surface area contributed by atoms with Crippen LogP contribution in [0.4, 0.5) is 0 Å². The first-order valence-electron chi connectivity index (χ1n) is 7.03. The van der Waals surface area contributed by atoms with Crippen LogP contribution < -0.4 is 4.74 Å².